The fraction of sp³-hybridized carbons (Fsp3) is 0.957. The zero-order chi connectivity index (χ0) is 19.1. The Hall–Kier alpha value is -0.650. The lowest BCUT2D eigenvalue weighted by atomic mass is 9.54. The normalized spacial score (nSPS) is 42.0. The first kappa shape index (κ1) is 19.3. The number of ether oxygens (including phenoxy) is 1. The Labute approximate surface area is 170 Å². The molecule has 6 rings (SSSR count). The number of rotatable bonds is 5. The van der Waals surface area contributed by atoms with Crippen molar-refractivity contribution in [1.29, 1.82) is 0 Å². The molecule has 4 aliphatic carbocycles. The second-order valence-electron chi connectivity index (χ2n) is 10.4. The van der Waals surface area contributed by atoms with Gasteiger partial charge in [0, 0.05) is 19.1 Å². The summed E-state index contributed by atoms with van der Waals surface area (Å²) in [5.74, 6) is 4.40. The maximum Gasteiger partial charge on any atom is 0.239 e. The van der Waals surface area contributed by atoms with Crippen LogP contribution in [0.4, 0.5) is 0 Å². The van der Waals surface area contributed by atoms with Crippen LogP contribution in [0.25, 0.3) is 0 Å². The Kier molecular flexibility index (Phi) is 5.68. The van der Waals surface area contributed by atoms with Gasteiger partial charge in [-0.15, -0.1) is 0 Å². The molecule has 0 aromatic rings. The minimum Gasteiger partial charge on any atom is -0.378 e. The van der Waals surface area contributed by atoms with E-state index in [0.29, 0.717) is 12.6 Å². The second kappa shape index (κ2) is 8.23. The van der Waals surface area contributed by atoms with Crippen LogP contribution < -0.4 is 5.32 Å². The van der Waals surface area contributed by atoms with Crippen molar-refractivity contribution in [1.82, 2.24) is 15.1 Å². The average Bonchev–Trinajstić information content (AvgIpc) is 2.71. The molecule has 5 heteroatoms. The van der Waals surface area contributed by atoms with E-state index in [1.807, 2.05) is 0 Å². The summed E-state index contributed by atoms with van der Waals surface area (Å²) >= 11 is 0. The van der Waals surface area contributed by atoms with Crippen LogP contribution in [0.2, 0.25) is 0 Å². The van der Waals surface area contributed by atoms with Crippen molar-refractivity contribution in [2.75, 3.05) is 45.9 Å². The smallest absolute Gasteiger partial charge is 0.239 e. The minimum atomic E-state index is -0.0739. The number of amides is 1. The Bertz CT molecular complexity index is 532. The number of likely N-dealkylation sites (tertiary alicyclic amines) is 1. The van der Waals surface area contributed by atoms with Crippen molar-refractivity contribution in [3.8, 4) is 0 Å². The first-order valence-electron chi connectivity index (χ1n) is 12.0. The lowest BCUT2D eigenvalue weighted by molar-refractivity contribution is -0.137. The lowest BCUT2D eigenvalue weighted by Crippen LogP contribution is -2.61. The standard InChI is InChI=1S/C23H39N3O2/c1-2-25-5-3-16(4-6-25)14-26-7-8-28-15-21(26)23(27)24-22-19-10-17-9-18(12-19)13-20(22)11-17/h16-22H,2-15H2,1H3,(H,24,27)/t17?,18?,19?,20?,21-,22?/m1/s1. The van der Waals surface area contributed by atoms with Crippen LogP contribution in [0.5, 0.6) is 0 Å². The van der Waals surface area contributed by atoms with E-state index in [1.54, 1.807) is 0 Å². The van der Waals surface area contributed by atoms with Gasteiger partial charge in [-0.05, 0) is 94.2 Å². The van der Waals surface area contributed by atoms with Gasteiger partial charge in [0.1, 0.15) is 6.04 Å². The highest BCUT2D eigenvalue weighted by atomic mass is 16.5. The number of nitrogens with one attached hydrogen (secondary N) is 1. The molecule has 4 saturated carbocycles. The van der Waals surface area contributed by atoms with Crippen LogP contribution in [-0.4, -0.2) is 73.7 Å². The third-order valence-corrected chi connectivity index (χ3v) is 8.72. The Morgan fingerprint density at radius 3 is 2.32 bits per heavy atom. The quantitative estimate of drug-likeness (QED) is 0.784. The predicted octanol–water partition coefficient (Wildman–Crippen LogP) is 2.36. The summed E-state index contributed by atoms with van der Waals surface area (Å²) in [5.41, 5.74) is 0. The Morgan fingerprint density at radius 1 is 1.00 bits per heavy atom. The molecular weight excluding hydrogens is 350 g/mol. The maximum absolute atomic E-state index is 13.3. The SMILES string of the molecule is CCN1CCC(CN2CCOC[C@@H]2C(=O)NC2C3CC4CC(C3)CC2C4)CC1. The highest BCUT2D eigenvalue weighted by molar-refractivity contribution is 5.82. The van der Waals surface area contributed by atoms with Gasteiger partial charge in [-0.25, -0.2) is 0 Å². The van der Waals surface area contributed by atoms with E-state index in [4.69, 9.17) is 4.74 Å². The third kappa shape index (κ3) is 3.87. The molecule has 6 aliphatic rings. The molecule has 6 fully saturated rings. The molecule has 5 nitrogen and oxygen atoms in total. The molecule has 28 heavy (non-hydrogen) atoms. The average molecular weight is 390 g/mol. The first-order chi connectivity index (χ1) is 13.7. The summed E-state index contributed by atoms with van der Waals surface area (Å²) in [6.45, 7) is 9.19. The fourth-order valence-corrected chi connectivity index (χ4v) is 7.34. The third-order valence-electron chi connectivity index (χ3n) is 8.72. The summed E-state index contributed by atoms with van der Waals surface area (Å²) in [7, 11) is 0. The molecule has 2 heterocycles. The van der Waals surface area contributed by atoms with Gasteiger partial charge in [0.25, 0.3) is 0 Å². The summed E-state index contributed by atoms with van der Waals surface area (Å²) in [5, 5.41) is 3.55. The van der Waals surface area contributed by atoms with Gasteiger partial charge < -0.3 is 15.0 Å². The number of morpholine rings is 1. The summed E-state index contributed by atoms with van der Waals surface area (Å²) < 4.78 is 5.75. The molecule has 1 N–H and O–H groups in total. The summed E-state index contributed by atoms with van der Waals surface area (Å²) in [6.07, 6.45) is 9.45. The van der Waals surface area contributed by atoms with Crippen molar-refractivity contribution < 1.29 is 9.53 Å². The number of carbonyl (C=O) groups is 1. The molecule has 158 valence electrons. The van der Waals surface area contributed by atoms with Crippen LogP contribution in [-0.2, 0) is 9.53 Å². The predicted molar refractivity (Wildman–Crippen MR) is 110 cm³/mol. The van der Waals surface area contributed by atoms with Gasteiger partial charge >= 0.3 is 0 Å². The van der Waals surface area contributed by atoms with Crippen LogP contribution in [0, 0.1) is 29.6 Å². The molecule has 1 amide bonds. The first-order valence-corrected chi connectivity index (χ1v) is 12.0. The number of nitrogens with zero attached hydrogens (tertiary/aromatic N) is 2. The Balaban J connectivity index is 1.18. The zero-order valence-corrected chi connectivity index (χ0v) is 17.7. The number of carbonyl (C=O) groups excluding carboxylic acids is 1. The number of hydrogen-bond acceptors (Lipinski definition) is 4. The summed E-state index contributed by atoms with van der Waals surface area (Å²) in [6, 6.07) is 0.368. The minimum absolute atomic E-state index is 0.0739. The molecule has 0 unspecified atom stereocenters. The van der Waals surface area contributed by atoms with Crippen molar-refractivity contribution in [2.24, 2.45) is 29.6 Å². The van der Waals surface area contributed by atoms with E-state index in [-0.39, 0.29) is 11.9 Å². The van der Waals surface area contributed by atoms with Crippen molar-refractivity contribution in [3.05, 3.63) is 0 Å². The highest BCUT2D eigenvalue weighted by Crippen LogP contribution is 2.53. The van der Waals surface area contributed by atoms with E-state index < -0.39 is 0 Å². The molecular formula is C23H39N3O2. The molecule has 0 radical (unpaired) electrons. The fourth-order valence-electron chi connectivity index (χ4n) is 7.34. The van der Waals surface area contributed by atoms with Crippen LogP contribution >= 0.6 is 0 Å². The van der Waals surface area contributed by atoms with Gasteiger partial charge in [-0.2, -0.15) is 0 Å². The largest absolute Gasteiger partial charge is 0.378 e. The Morgan fingerprint density at radius 2 is 1.68 bits per heavy atom. The van der Waals surface area contributed by atoms with E-state index in [9.17, 15) is 4.79 Å². The molecule has 0 spiro atoms. The number of hydrogen-bond donors (Lipinski definition) is 1. The van der Waals surface area contributed by atoms with Crippen molar-refractivity contribution in [2.45, 2.75) is 64.0 Å². The highest BCUT2D eigenvalue weighted by Gasteiger charge is 2.49. The van der Waals surface area contributed by atoms with Gasteiger partial charge in [0.15, 0.2) is 0 Å². The van der Waals surface area contributed by atoms with E-state index in [1.165, 1.54) is 64.6 Å². The van der Waals surface area contributed by atoms with Crippen LogP contribution in [0.3, 0.4) is 0 Å². The molecule has 2 aliphatic heterocycles. The van der Waals surface area contributed by atoms with Gasteiger partial charge in [-0.3, -0.25) is 9.69 Å². The van der Waals surface area contributed by atoms with Gasteiger partial charge in [0.05, 0.1) is 13.2 Å². The van der Waals surface area contributed by atoms with Gasteiger partial charge in [-0.1, -0.05) is 6.92 Å². The van der Waals surface area contributed by atoms with Crippen LogP contribution in [0.15, 0.2) is 0 Å². The molecule has 0 aromatic heterocycles. The molecule has 4 bridgehead atoms. The zero-order valence-electron chi connectivity index (χ0n) is 17.7. The van der Waals surface area contributed by atoms with Crippen LogP contribution in [0.1, 0.15) is 51.9 Å². The van der Waals surface area contributed by atoms with E-state index in [0.717, 1.165) is 49.3 Å². The topological polar surface area (TPSA) is 44.8 Å². The molecule has 0 aromatic carbocycles. The van der Waals surface area contributed by atoms with E-state index >= 15 is 0 Å². The molecule has 2 saturated heterocycles. The van der Waals surface area contributed by atoms with E-state index in [2.05, 4.69) is 22.0 Å². The number of piperidine rings is 1. The monoisotopic (exact) mass is 389 g/mol. The second-order valence-corrected chi connectivity index (χ2v) is 10.4. The van der Waals surface area contributed by atoms with Crippen molar-refractivity contribution >= 4 is 5.91 Å². The van der Waals surface area contributed by atoms with Crippen molar-refractivity contribution in [3.63, 3.8) is 0 Å². The van der Waals surface area contributed by atoms with Gasteiger partial charge in [0.2, 0.25) is 5.91 Å². The lowest BCUT2D eigenvalue weighted by Gasteiger charge is -2.54. The molecule has 1 atom stereocenters. The summed E-state index contributed by atoms with van der Waals surface area (Å²) in [4.78, 5) is 18.3. The maximum atomic E-state index is 13.3.